The molecule has 3 atom stereocenters. The van der Waals surface area contributed by atoms with Crippen LogP contribution in [0.4, 0.5) is 0 Å². The van der Waals surface area contributed by atoms with Crippen LogP contribution in [0.25, 0.3) is 0 Å². The second-order valence-electron chi connectivity index (χ2n) is 7.41. The fraction of sp³-hybridized carbons (Fsp3) is 0.217. The Bertz CT molecular complexity index is 1160. The van der Waals surface area contributed by atoms with Crippen molar-refractivity contribution >= 4 is 29.4 Å². The number of carbonyl (C=O) groups excluding carboxylic acids is 1. The maximum Gasteiger partial charge on any atom is 0.354 e. The first-order chi connectivity index (χ1) is 15.7. The molecule has 3 rings (SSSR count). The van der Waals surface area contributed by atoms with Gasteiger partial charge in [-0.15, -0.1) is 0 Å². The van der Waals surface area contributed by atoms with E-state index in [2.05, 4.69) is 10.4 Å². The SMILES string of the molecule is CC(c1ccccc1)n1nc(C(=O)N[C@H](Cc2ccccc2Cl)[C@@H](O)C(=O)O)cc1C(=O)O. The molecule has 10 heteroatoms. The van der Waals surface area contributed by atoms with Gasteiger partial charge in [0.2, 0.25) is 0 Å². The van der Waals surface area contributed by atoms with Gasteiger partial charge in [-0.25, -0.2) is 9.59 Å². The van der Waals surface area contributed by atoms with Gasteiger partial charge in [-0.1, -0.05) is 60.1 Å². The molecule has 0 aliphatic carbocycles. The molecule has 0 fully saturated rings. The number of hydrogen-bond donors (Lipinski definition) is 4. The molecule has 4 N–H and O–H groups in total. The van der Waals surface area contributed by atoms with Crippen molar-refractivity contribution in [1.29, 1.82) is 0 Å². The standard InChI is InChI=1S/C23H22ClN3O6/c1-13(14-7-3-2-4-8-14)27-19(22(30)31)12-18(26-27)21(29)25-17(20(28)23(32)33)11-15-9-5-6-10-16(15)24/h2-10,12-13,17,20,28H,11H2,1H3,(H,25,29)(H,30,31)(H,32,33)/t13?,17-,20-/m1/s1. The van der Waals surface area contributed by atoms with Crippen LogP contribution in [-0.4, -0.2) is 55.1 Å². The fourth-order valence-electron chi connectivity index (χ4n) is 3.39. The number of nitrogens with one attached hydrogen (secondary N) is 1. The molecule has 0 aliphatic heterocycles. The minimum absolute atomic E-state index is 0.0637. The number of nitrogens with zero attached hydrogens (tertiary/aromatic N) is 2. The Labute approximate surface area is 194 Å². The summed E-state index contributed by atoms with van der Waals surface area (Å²) in [6, 6.07) is 15.1. The van der Waals surface area contributed by atoms with Crippen LogP contribution in [0.15, 0.2) is 60.7 Å². The van der Waals surface area contributed by atoms with E-state index in [4.69, 9.17) is 11.6 Å². The molecule has 1 heterocycles. The lowest BCUT2D eigenvalue weighted by Crippen LogP contribution is -2.48. The Hall–Kier alpha value is -3.69. The van der Waals surface area contributed by atoms with Crippen LogP contribution < -0.4 is 5.32 Å². The Morgan fingerprint density at radius 2 is 1.70 bits per heavy atom. The predicted octanol–water partition coefficient (Wildman–Crippen LogP) is 2.63. The van der Waals surface area contributed by atoms with Crippen LogP contribution in [0.2, 0.25) is 5.02 Å². The fourth-order valence-corrected chi connectivity index (χ4v) is 3.60. The van der Waals surface area contributed by atoms with Crippen LogP contribution in [0.3, 0.4) is 0 Å². The largest absolute Gasteiger partial charge is 0.479 e. The molecular weight excluding hydrogens is 450 g/mol. The first-order valence-electron chi connectivity index (χ1n) is 10.0. The number of carboxylic acids is 2. The highest BCUT2D eigenvalue weighted by Crippen LogP contribution is 2.21. The quantitative estimate of drug-likeness (QED) is 0.375. The molecule has 3 aromatic rings. The van der Waals surface area contributed by atoms with Crippen molar-refractivity contribution in [2.24, 2.45) is 0 Å². The number of aliphatic hydroxyl groups excluding tert-OH is 1. The first-order valence-corrected chi connectivity index (χ1v) is 10.4. The zero-order chi connectivity index (χ0) is 24.1. The van der Waals surface area contributed by atoms with E-state index < -0.39 is 36.0 Å². The highest BCUT2D eigenvalue weighted by atomic mass is 35.5. The zero-order valence-electron chi connectivity index (χ0n) is 17.6. The first kappa shape index (κ1) is 24.0. The monoisotopic (exact) mass is 471 g/mol. The van der Waals surface area contributed by atoms with Crippen molar-refractivity contribution in [3.8, 4) is 0 Å². The summed E-state index contributed by atoms with van der Waals surface area (Å²) >= 11 is 6.14. The van der Waals surface area contributed by atoms with Crippen molar-refractivity contribution in [1.82, 2.24) is 15.1 Å². The van der Waals surface area contributed by atoms with Gasteiger partial charge in [0.25, 0.3) is 5.91 Å². The molecule has 33 heavy (non-hydrogen) atoms. The zero-order valence-corrected chi connectivity index (χ0v) is 18.3. The summed E-state index contributed by atoms with van der Waals surface area (Å²) in [4.78, 5) is 36.1. The molecule has 2 aromatic carbocycles. The van der Waals surface area contributed by atoms with Gasteiger partial charge >= 0.3 is 11.9 Å². The molecule has 1 aromatic heterocycles. The highest BCUT2D eigenvalue weighted by Gasteiger charge is 2.30. The van der Waals surface area contributed by atoms with Gasteiger partial charge in [0.05, 0.1) is 12.1 Å². The number of amides is 1. The van der Waals surface area contributed by atoms with Crippen LogP contribution in [-0.2, 0) is 11.2 Å². The van der Waals surface area contributed by atoms with Crippen LogP contribution in [0, 0.1) is 0 Å². The van der Waals surface area contributed by atoms with Crippen LogP contribution >= 0.6 is 11.6 Å². The molecule has 1 amide bonds. The van der Waals surface area contributed by atoms with Crippen molar-refractivity contribution in [2.75, 3.05) is 0 Å². The molecule has 0 bridgehead atoms. The average molecular weight is 472 g/mol. The normalized spacial score (nSPS) is 13.7. The van der Waals surface area contributed by atoms with Crippen molar-refractivity contribution in [2.45, 2.75) is 31.5 Å². The maximum atomic E-state index is 12.9. The van der Waals surface area contributed by atoms with E-state index in [-0.39, 0.29) is 17.8 Å². The second kappa shape index (κ2) is 10.3. The molecule has 172 valence electrons. The van der Waals surface area contributed by atoms with E-state index in [1.807, 2.05) is 6.07 Å². The number of benzene rings is 2. The smallest absolute Gasteiger partial charge is 0.354 e. The third-order valence-corrected chi connectivity index (χ3v) is 5.55. The van der Waals surface area contributed by atoms with Gasteiger partial charge in [-0.2, -0.15) is 5.10 Å². The van der Waals surface area contributed by atoms with E-state index in [1.54, 1.807) is 55.5 Å². The second-order valence-corrected chi connectivity index (χ2v) is 7.82. The summed E-state index contributed by atoms with van der Waals surface area (Å²) in [7, 11) is 0. The van der Waals surface area contributed by atoms with Gasteiger partial charge in [-0.05, 0) is 30.5 Å². The molecule has 9 nitrogen and oxygen atoms in total. The number of rotatable bonds is 9. The summed E-state index contributed by atoms with van der Waals surface area (Å²) in [5, 5.41) is 36.0. The number of aliphatic carboxylic acids is 1. The summed E-state index contributed by atoms with van der Waals surface area (Å²) in [6.07, 6.45) is -1.99. The highest BCUT2D eigenvalue weighted by molar-refractivity contribution is 6.31. The minimum atomic E-state index is -1.92. The number of halogens is 1. The third-order valence-electron chi connectivity index (χ3n) is 5.18. The molecule has 0 saturated carbocycles. The van der Waals surface area contributed by atoms with E-state index in [1.165, 1.54) is 4.68 Å². The van der Waals surface area contributed by atoms with E-state index in [0.29, 0.717) is 10.6 Å². The van der Waals surface area contributed by atoms with E-state index >= 15 is 0 Å². The molecule has 1 unspecified atom stereocenters. The Morgan fingerprint density at radius 3 is 2.30 bits per heavy atom. The van der Waals surface area contributed by atoms with E-state index in [9.17, 15) is 29.7 Å². The summed E-state index contributed by atoms with van der Waals surface area (Å²) in [5.41, 5.74) is 0.877. The number of aliphatic hydroxyl groups is 1. The number of carboxylic acid groups (broad SMARTS) is 2. The molecule has 0 saturated heterocycles. The van der Waals surface area contributed by atoms with Gasteiger partial charge < -0.3 is 20.6 Å². The lowest BCUT2D eigenvalue weighted by atomic mass is 10.0. The lowest BCUT2D eigenvalue weighted by Gasteiger charge is -2.21. The summed E-state index contributed by atoms with van der Waals surface area (Å²) < 4.78 is 1.21. The van der Waals surface area contributed by atoms with Crippen molar-refractivity contribution in [3.63, 3.8) is 0 Å². The van der Waals surface area contributed by atoms with Gasteiger partial charge in [0.1, 0.15) is 5.69 Å². The summed E-state index contributed by atoms with van der Waals surface area (Å²) in [5.74, 6) is -3.63. The number of aromatic carboxylic acids is 1. The van der Waals surface area contributed by atoms with Crippen LogP contribution in [0.5, 0.6) is 0 Å². The van der Waals surface area contributed by atoms with Crippen molar-refractivity contribution in [3.05, 3.63) is 88.2 Å². The Morgan fingerprint density at radius 1 is 1.06 bits per heavy atom. The molecule has 0 radical (unpaired) electrons. The van der Waals surface area contributed by atoms with Gasteiger partial charge in [0.15, 0.2) is 11.8 Å². The lowest BCUT2D eigenvalue weighted by molar-refractivity contribution is -0.148. The Balaban J connectivity index is 1.90. The van der Waals surface area contributed by atoms with Gasteiger partial charge in [-0.3, -0.25) is 9.48 Å². The predicted molar refractivity (Wildman–Crippen MR) is 119 cm³/mol. The third kappa shape index (κ3) is 5.57. The molecular formula is C23H22ClN3O6. The van der Waals surface area contributed by atoms with Crippen LogP contribution in [0.1, 0.15) is 45.1 Å². The maximum absolute atomic E-state index is 12.9. The minimum Gasteiger partial charge on any atom is -0.479 e. The summed E-state index contributed by atoms with van der Waals surface area (Å²) in [6.45, 7) is 1.74. The number of hydrogen-bond acceptors (Lipinski definition) is 5. The van der Waals surface area contributed by atoms with Gasteiger partial charge in [0, 0.05) is 11.1 Å². The topological polar surface area (TPSA) is 142 Å². The number of carbonyl (C=O) groups is 3. The molecule has 0 aliphatic rings. The van der Waals surface area contributed by atoms with Crippen molar-refractivity contribution < 1.29 is 29.7 Å². The average Bonchev–Trinajstić information content (AvgIpc) is 3.25. The van der Waals surface area contributed by atoms with E-state index in [0.717, 1.165) is 11.6 Å². The Kier molecular flexibility index (Phi) is 7.47. The molecule has 0 spiro atoms. The number of aromatic nitrogens is 2.